The predicted molar refractivity (Wildman–Crippen MR) is 65.3 cm³/mol. The summed E-state index contributed by atoms with van der Waals surface area (Å²) in [6.45, 7) is 4.84. The van der Waals surface area contributed by atoms with Gasteiger partial charge in [0.05, 0.1) is 6.07 Å². The minimum Gasteiger partial charge on any atom is -0.298 e. The second-order valence-electron chi connectivity index (χ2n) is 3.37. The van der Waals surface area contributed by atoms with Gasteiger partial charge in [0.1, 0.15) is 0 Å². The van der Waals surface area contributed by atoms with E-state index in [0.717, 1.165) is 24.1 Å². The lowest BCUT2D eigenvalue weighted by atomic mass is 10.2. The molecule has 0 radical (unpaired) electrons. The maximum Gasteiger partial charge on any atom is 0.0635 e. The van der Waals surface area contributed by atoms with Crippen molar-refractivity contribution < 1.29 is 0 Å². The molecule has 0 amide bonds. The van der Waals surface area contributed by atoms with Gasteiger partial charge in [-0.2, -0.15) is 5.26 Å². The summed E-state index contributed by atoms with van der Waals surface area (Å²) >= 11 is 3.53. The number of halogens is 1. The highest BCUT2D eigenvalue weighted by molar-refractivity contribution is 9.10. The van der Waals surface area contributed by atoms with Crippen LogP contribution in [0.5, 0.6) is 0 Å². The highest BCUT2D eigenvalue weighted by atomic mass is 79.9. The molecule has 3 heteroatoms. The van der Waals surface area contributed by atoms with Crippen molar-refractivity contribution in [2.24, 2.45) is 0 Å². The molecule has 0 bridgehead atoms. The zero-order valence-corrected chi connectivity index (χ0v) is 10.5. The Kier molecular flexibility index (Phi) is 5.38. The van der Waals surface area contributed by atoms with Crippen molar-refractivity contribution in [2.75, 3.05) is 13.1 Å². The average molecular weight is 267 g/mol. The van der Waals surface area contributed by atoms with Gasteiger partial charge in [-0.25, -0.2) is 0 Å². The standard InChI is InChI=1S/C12H15BrN2/c1-2-15(9-5-8-14)10-11-6-3-4-7-12(11)13/h3-4,6-7H,2,5,9-10H2,1H3. The van der Waals surface area contributed by atoms with E-state index in [1.54, 1.807) is 0 Å². The van der Waals surface area contributed by atoms with E-state index in [0.29, 0.717) is 6.42 Å². The molecule has 0 spiro atoms. The number of nitriles is 1. The van der Waals surface area contributed by atoms with Crippen LogP contribution in [0.3, 0.4) is 0 Å². The summed E-state index contributed by atoms with van der Waals surface area (Å²) in [6, 6.07) is 10.4. The van der Waals surface area contributed by atoms with Gasteiger partial charge in [-0.15, -0.1) is 0 Å². The fourth-order valence-corrected chi connectivity index (χ4v) is 1.83. The summed E-state index contributed by atoms with van der Waals surface area (Å²) in [5, 5.41) is 8.55. The largest absolute Gasteiger partial charge is 0.298 e. The molecule has 0 aliphatic heterocycles. The van der Waals surface area contributed by atoms with Crippen LogP contribution in [0.25, 0.3) is 0 Å². The minimum absolute atomic E-state index is 0.596. The molecule has 80 valence electrons. The average Bonchev–Trinajstić information content (AvgIpc) is 2.26. The van der Waals surface area contributed by atoms with E-state index in [1.165, 1.54) is 5.56 Å². The first-order chi connectivity index (χ1) is 7.27. The van der Waals surface area contributed by atoms with Crippen LogP contribution in [0.1, 0.15) is 18.9 Å². The summed E-state index contributed by atoms with van der Waals surface area (Å²) in [5.41, 5.74) is 1.28. The predicted octanol–water partition coefficient (Wildman–Crippen LogP) is 3.18. The SMILES string of the molecule is CCN(CCC#N)Cc1ccccc1Br. The molecule has 0 heterocycles. The Balaban J connectivity index is 2.59. The molecule has 0 aliphatic rings. The number of rotatable bonds is 5. The molecule has 0 aliphatic carbocycles. The van der Waals surface area contributed by atoms with Crippen molar-refractivity contribution in [1.29, 1.82) is 5.26 Å². The van der Waals surface area contributed by atoms with E-state index in [1.807, 2.05) is 18.2 Å². The van der Waals surface area contributed by atoms with E-state index in [4.69, 9.17) is 5.26 Å². The molecular formula is C12H15BrN2. The molecule has 0 saturated heterocycles. The van der Waals surface area contributed by atoms with Crippen LogP contribution in [-0.2, 0) is 6.54 Å². The molecule has 0 aromatic heterocycles. The zero-order chi connectivity index (χ0) is 11.1. The van der Waals surface area contributed by atoms with Gasteiger partial charge in [-0.1, -0.05) is 41.1 Å². The third-order valence-electron chi connectivity index (χ3n) is 2.34. The summed E-state index contributed by atoms with van der Waals surface area (Å²) in [6.07, 6.45) is 0.596. The second-order valence-corrected chi connectivity index (χ2v) is 4.22. The van der Waals surface area contributed by atoms with Crippen molar-refractivity contribution in [3.05, 3.63) is 34.3 Å². The highest BCUT2D eigenvalue weighted by Crippen LogP contribution is 2.17. The van der Waals surface area contributed by atoms with Gasteiger partial charge in [0.25, 0.3) is 0 Å². The summed E-state index contributed by atoms with van der Waals surface area (Å²) in [7, 11) is 0. The quantitative estimate of drug-likeness (QED) is 0.819. The molecular weight excluding hydrogens is 252 g/mol. The van der Waals surface area contributed by atoms with Crippen molar-refractivity contribution in [3.63, 3.8) is 0 Å². The molecule has 1 aromatic rings. The Labute approximate surface area is 99.6 Å². The van der Waals surface area contributed by atoms with Crippen molar-refractivity contribution in [3.8, 4) is 6.07 Å². The van der Waals surface area contributed by atoms with E-state index in [9.17, 15) is 0 Å². The number of hydrogen-bond acceptors (Lipinski definition) is 2. The second kappa shape index (κ2) is 6.60. The van der Waals surface area contributed by atoms with Crippen molar-refractivity contribution >= 4 is 15.9 Å². The van der Waals surface area contributed by atoms with Crippen LogP contribution in [0.4, 0.5) is 0 Å². The van der Waals surface area contributed by atoms with E-state index < -0.39 is 0 Å². The molecule has 0 fully saturated rings. The van der Waals surface area contributed by atoms with E-state index in [2.05, 4.69) is 39.9 Å². The third-order valence-corrected chi connectivity index (χ3v) is 3.11. The van der Waals surface area contributed by atoms with Crippen molar-refractivity contribution in [2.45, 2.75) is 19.9 Å². The Morgan fingerprint density at radius 2 is 2.13 bits per heavy atom. The van der Waals surface area contributed by atoms with Gasteiger partial charge < -0.3 is 0 Å². The zero-order valence-electron chi connectivity index (χ0n) is 8.91. The third kappa shape index (κ3) is 4.03. The molecule has 0 atom stereocenters. The van der Waals surface area contributed by atoms with Crippen LogP contribution < -0.4 is 0 Å². The van der Waals surface area contributed by atoms with Gasteiger partial charge in [-0.05, 0) is 18.2 Å². The molecule has 2 nitrogen and oxygen atoms in total. The highest BCUT2D eigenvalue weighted by Gasteiger charge is 2.05. The first-order valence-corrected chi connectivity index (χ1v) is 5.90. The van der Waals surface area contributed by atoms with Crippen LogP contribution in [0.2, 0.25) is 0 Å². The first kappa shape index (κ1) is 12.2. The lowest BCUT2D eigenvalue weighted by Gasteiger charge is -2.19. The topological polar surface area (TPSA) is 27.0 Å². The van der Waals surface area contributed by atoms with Crippen LogP contribution >= 0.6 is 15.9 Å². The lowest BCUT2D eigenvalue weighted by Crippen LogP contribution is -2.23. The number of hydrogen-bond donors (Lipinski definition) is 0. The molecule has 1 aromatic carbocycles. The summed E-state index contributed by atoms with van der Waals surface area (Å²) in [5.74, 6) is 0. The Bertz CT molecular complexity index is 344. The van der Waals surface area contributed by atoms with Crippen LogP contribution in [0.15, 0.2) is 28.7 Å². The fourth-order valence-electron chi connectivity index (χ4n) is 1.42. The Morgan fingerprint density at radius 1 is 1.40 bits per heavy atom. The number of nitrogens with zero attached hydrogens (tertiary/aromatic N) is 2. The molecule has 1 rings (SSSR count). The maximum absolute atomic E-state index is 8.55. The number of benzene rings is 1. The van der Waals surface area contributed by atoms with Crippen molar-refractivity contribution in [1.82, 2.24) is 4.90 Å². The molecule has 0 unspecified atom stereocenters. The van der Waals surface area contributed by atoms with Crippen LogP contribution in [0, 0.1) is 11.3 Å². The van der Waals surface area contributed by atoms with Gasteiger partial charge in [0.15, 0.2) is 0 Å². The Hall–Kier alpha value is -0.850. The summed E-state index contributed by atoms with van der Waals surface area (Å²) in [4.78, 5) is 2.27. The molecule has 0 saturated carbocycles. The molecule has 15 heavy (non-hydrogen) atoms. The lowest BCUT2D eigenvalue weighted by molar-refractivity contribution is 0.286. The van der Waals surface area contributed by atoms with E-state index >= 15 is 0 Å². The Morgan fingerprint density at radius 3 is 2.73 bits per heavy atom. The van der Waals surface area contributed by atoms with Gasteiger partial charge in [-0.3, -0.25) is 4.90 Å². The minimum atomic E-state index is 0.596. The molecule has 0 N–H and O–H groups in total. The van der Waals surface area contributed by atoms with Gasteiger partial charge in [0, 0.05) is 24.0 Å². The normalized spacial score (nSPS) is 10.3. The van der Waals surface area contributed by atoms with Gasteiger partial charge >= 0.3 is 0 Å². The first-order valence-electron chi connectivity index (χ1n) is 5.10. The van der Waals surface area contributed by atoms with Crippen LogP contribution in [-0.4, -0.2) is 18.0 Å². The smallest absolute Gasteiger partial charge is 0.0635 e. The fraction of sp³-hybridized carbons (Fsp3) is 0.417. The summed E-state index contributed by atoms with van der Waals surface area (Å²) < 4.78 is 1.14. The maximum atomic E-state index is 8.55. The van der Waals surface area contributed by atoms with E-state index in [-0.39, 0.29) is 0 Å². The monoisotopic (exact) mass is 266 g/mol. The van der Waals surface area contributed by atoms with Gasteiger partial charge in [0.2, 0.25) is 0 Å².